The highest BCUT2D eigenvalue weighted by Gasteiger charge is 2.15. The van der Waals surface area contributed by atoms with Gasteiger partial charge in [0.15, 0.2) is 0 Å². The average Bonchev–Trinajstić information content (AvgIpc) is 2.97. The number of ether oxygens (including phenoxy) is 1. The molecular formula is C13H16ClN3OS. The van der Waals surface area contributed by atoms with Gasteiger partial charge >= 0.3 is 0 Å². The Morgan fingerprint density at radius 2 is 2.42 bits per heavy atom. The topological polar surface area (TPSA) is 47.0 Å². The summed E-state index contributed by atoms with van der Waals surface area (Å²) in [5, 5.41) is 4.76. The van der Waals surface area contributed by atoms with Gasteiger partial charge in [-0.15, -0.1) is 11.3 Å². The van der Waals surface area contributed by atoms with Gasteiger partial charge in [-0.3, -0.25) is 0 Å². The Balaban J connectivity index is 1.72. The third-order valence-electron chi connectivity index (χ3n) is 3.36. The van der Waals surface area contributed by atoms with Crippen molar-refractivity contribution in [3.05, 3.63) is 16.2 Å². The molecule has 102 valence electrons. The Kier molecular flexibility index (Phi) is 3.86. The van der Waals surface area contributed by atoms with Gasteiger partial charge in [0.1, 0.15) is 10.6 Å². The van der Waals surface area contributed by atoms with Crippen molar-refractivity contribution in [3.63, 3.8) is 0 Å². The van der Waals surface area contributed by atoms with E-state index in [1.54, 1.807) is 11.3 Å². The molecule has 1 aliphatic rings. The lowest BCUT2D eigenvalue weighted by Crippen LogP contribution is -2.10. The van der Waals surface area contributed by atoms with Gasteiger partial charge in [0.2, 0.25) is 5.28 Å². The van der Waals surface area contributed by atoms with E-state index in [0.29, 0.717) is 11.2 Å². The molecule has 1 unspecified atom stereocenters. The first-order valence-corrected chi connectivity index (χ1v) is 7.67. The Hall–Kier alpha value is -0.910. The molecule has 0 bridgehead atoms. The third kappa shape index (κ3) is 2.99. The average molecular weight is 298 g/mol. The highest BCUT2D eigenvalue weighted by Crippen LogP contribution is 2.29. The van der Waals surface area contributed by atoms with Gasteiger partial charge in [-0.05, 0) is 43.4 Å². The molecule has 0 saturated carbocycles. The van der Waals surface area contributed by atoms with Gasteiger partial charge in [0.25, 0.3) is 0 Å². The molecule has 3 heterocycles. The minimum Gasteiger partial charge on any atom is -0.381 e. The molecule has 3 rings (SSSR count). The maximum Gasteiger partial charge on any atom is 0.225 e. The van der Waals surface area contributed by atoms with Crippen molar-refractivity contribution in [3.8, 4) is 0 Å². The lowest BCUT2D eigenvalue weighted by atomic mass is 10.1. The van der Waals surface area contributed by atoms with Crippen molar-refractivity contribution < 1.29 is 4.74 Å². The number of aryl methyl sites for hydroxylation is 1. The number of nitrogens with one attached hydrogen (secondary N) is 1. The summed E-state index contributed by atoms with van der Waals surface area (Å²) >= 11 is 7.61. The van der Waals surface area contributed by atoms with E-state index in [-0.39, 0.29) is 0 Å². The van der Waals surface area contributed by atoms with Crippen LogP contribution in [-0.4, -0.2) is 29.7 Å². The molecule has 4 nitrogen and oxygen atoms in total. The molecule has 2 aromatic rings. The number of rotatable bonds is 4. The zero-order valence-electron chi connectivity index (χ0n) is 10.8. The Bertz CT molecular complexity index is 581. The lowest BCUT2D eigenvalue weighted by molar-refractivity contribution is 0.185. The van der Waals surface area contributed by atoms with E-state index in [9.17, 15) is 0 Å². The molecule has 6 heteroatoms. The number of anilines is 1. The second kappa shape index (κ2) is 5.61. The van der Waals surface area contributed by atoms with Crippen molar-refractivity contribution in [1.82, 2.24) is 9.97 Å². The monoisotopic (exact) mass is 297 g/mol. The van der Waals surface area contributed by atoms with E-state index in [4.69, 9.17) is 16.3 Å². The number of aromatic nitrogens is 2. The Morgan fingerprint density at radius 3 is 3.21 bits per heavy atom. The van der Waals surface area contributed by atoms with Crippen LogP contribution in [0.2, 0.25) is 5.28 Å². The smallest absolute Gasteiger partial charge is 0.225 e. The quantitative estimate of drug-likeness (QED) is 0.878. The summed E-state index contributed by atoms with van der Waals surface area (Å²) in [4.78, 5) is 10.7. The number of hydrogen-bond donors (Lipinski definition) is 1. The highest BCUT2D eigenvalue weighted by atomic mass is 35.5. The Morgan fingerprint density at radius 1 is 1.53 bits per heavy atom. The number of fused-ring (bicyclic) bond motifs is 1. The molecule has 1 fully saturated rings. The zero-order chi connectivity index (χ0) is 13.2. The van der Waals surface area contributed by atoms with Gasteiger partial charge in [-0.2, -0.15) is 0 Å². The van der Waals surface area contributed by atoms with Gasteiger partial charge < -0.3 is 10.1 Å². The maximum atomic E-state index is 5.96. The van der Waals surface area contributed by atoms with Crippen molar-refractivity contribution in [2.45, 2.75) is 19.8 Å². The maximum absolute atomic E-state index is 5.96. The SMILES string of the molecule is Cc1cc2c(NCCC3CCOC3)nc(Cl)nc2s1. The summed E-state index contributed by atoms with van der Waals surface area (Å²) in [6.07, 6.45) is 2.27. The van der Waals surface area contributed by atoms with Crippen LogP contribution >= 0.6 is 22.9 Å². The van der Waals surface area contributed by atoms with Crippen LogP contribution in [-0.2, 0) is 4.74 Å². The summed E-state index contributed by atoms with van der Waals surface area (Å²) in [6.45, 7) is 4.75. The zero-order valence-corrected chi connectivity index (χ0v) is 12.4. The number of hydrogen-bond acceptors (Lipinski definition) is 5. The van der Waals surface area contributed by atoms with E-state index in [1.807, 2.05) is 0 Å². The second-order valence-electron chi connectivity index (χ2n) is 4.86. The summed E-state index contributed by atoms with van der Waals surface area (Å²) in [5.41, 5.74) is 0. The standard InChI is InChI=1S/C13H16ClN3OS/c1-8-6-10-11(16-13(14)17-12(10)19-8)15-4-2-9-3-5-18-7-9/h6,9H,2-5,7H2,1H3,(H,15,16,17). The van der Waals surface area contributed by atoms with E-state index in [1.165, 1.54) is 11.3 Å². The molecule has 1 aliphatic heterocycles. The van der Waals surface area contributed by atoms with Crippen LogP contribution in [0.5, 0.6) is 0 Å². The first-order chi connectivity index (χ1) is 9.22. The van der Waals surface area contributed by atoms with E-state index < -0.39 is 0 Å². The predicted octanol–water partition coefficient (Wildman–Crippen LogP) is 3.49. The molecule has 0 radical (unpaired) electrons. The minimum atomic E-state index is 0.307. The van der Waals surface area contributed by atoms with E-state index >= 15 is 0 Å². The molecule has 0 aromatic carbocycles. The van der Waals surface area contributed by atoms with Crippen molar-refractivity contribution in [1.29, 1.82) is 0 Å². The fraction of sp³-hybridized carbons (Fsp3) is 0.538. The van der Waals surface area contributed by atoms with Crippen molar-refractivity contribution in [2.75, 3.05) is 25.1 Å². The number of nitrogens with zero attached hydrogens (tertiary/aromatic N) is 2. The molecule has 19 heavy (non-hydrogen) atoms. The van der Waals surface area contributed by atoms with Crippen LogP contribution in [0.3, 0.4) is 0 Å². The summed E-state index contributed by atoms with van der Waals surface area (Å²) in [6, 6.07) is 2.11. The number of halogens is 1. The molecule has 0 spiro atoms. The molecule has 1 N–H and O–H groups in total. The fourth-order valence-electron chi connectivity index (χ4n) is 2.36. The van der Waals surface area contributed by atoms with Gasteiger partial charge in [0.05, 0.1) is 5.39 Å². The van der Waals surface area contributed by atoms with E-state index in [0.717, 1.165) is 42.2 Å². The molecule has 0 amide bonds. The van der Waals surface area contributed by atoms with E-state index in [2.05, 4.69) is 28.3 Å². The van der Waals surface area contributed by atoms with Crippen LogP contribution < -0.4 is 5.32 Å². The Labute approximate surface area is 121 Å². The van der Waals surface area contributed by atoms with Crippen LogP contribution in [0, 0.1) is 12.8 Å². The lowest BCUT2D eigenvalue weighted by Gasteiger charge is -2.10. The van der Waals surface area contributed by atoms with Gasteiger partial charge in [-0.25, -0.2) is 9.97 Å². The molecule has 1 atom stereocenters. The summed E-state index contributed by atoms with van der Waals surface area (Å²) in [5.74, 6) is 1.52. The van der Waals surface area contributed by atoms with Gasteiger partial charge in [-0.1, -0.05) is 0 Å². The predicted molar refractivity (Wildman–Crippen MR) is 79.2 cm³/mol. The molecule has 2 aromatic heterocycles. The minimum absolute atomic E-state index is 0.307. The highest BCUT2D eigenvalue weighted by molar-refractivity contribution is 7.18. The van der Waals surface area contributed by atoms with Gasteiger partial charge in [0, 0.05) is 24.6 Å². The normalized spacial score (nSPS) is 19.2. The largest absolute Gasteiger partial charge is 0.381 e. The molecule has 0 aliphatic carbocycles. The first kappa shape index (κ1) is 13.1. The third-order valence-corrected chi connectivity index (χ3v) is 4.47. The fourth-order valence-corrected chi connectivity index (χ4v) is 3.45. The van der Waals surface area contributed by atoms with Crippen molar-refractivity contribution >= 4 is 39.0 Å². The second-order valence-corrected chi connectivity index (χ2v) is 6.44. The number of thiophene rings is 1. The molecule has 1 saturated heterocycles. The van der Waals surface area contributed by atoms with Crippen LogP contribution in [0.25, 0.3) is 10.2 Å². The van der Waals surface area contributed by atoms with Crippen LogP contribution in [0.4, 0.5) is 5.82 Å². The first-order valence-electron chi connectivity index (χ1n) is 6.47. The van der Waals surface area contributed by atoms with Crippen LogP contribution in [0.15, 0.2) is 6.07 Å². The van der Waals surface area contributed by atoms with Crippen LogP contribution in [0.1, 0.15) is 17.7 Å². The molecular weight excluding hydrogens is 282 g/mol. The summed E-state index contributed by atoms with van der Waals surface area (Å²) < 4.78 is 5.38. The van der Waals surface area contributed by atoms with Crippen molar-refractivity contribution in [2.24, 2.45) is 5.92 Å². The summed E-state index contributed by atoms with van der Waals surface area (Å²) in [7, 11) is 0.